The number of nitrogens with one attached hydrogen (secondary N) is 2. The fraction of sp³-hybridized carbons (Fsp3) is 0.923. The number of rotatable bonds is 7. The SMILES string of the molecule is CNC(C)(C)C(=O)NC(CC(C)C)CN(C)C. The van der Waals surface area contributed by atoms with Crippen LogP contribution in [0.2, 0.25) is 0 Å². The molecule has 0 rings (SSSR count). The van der Waals surface area contributed by atoms with Gasteiger partial charge in [0.25, 0.3) is 0 Å². The van der Waals surface area contributed by atoms with Gasteiger partial charge in [0.1, 0.15) is 0 Å². The van der Waals surface area contributed by atoms with Crippen LogP contribution in [0.3, 0.4) is 0 Å². The predicted octanol–water partition coefficient (Wildman–Crippen LogP) is 1.08. The van der Waals surface area contributed by atoms with Gasteiger partial charge in [-0.1, -0.05) is 13.8 Å². The molecule has 102 valence electrons. The summed E-state index contributed by atoms with van der Waals surface area (Å²) in [5.41, 5.74) is -0.512. The van der Waals surface area contributed by atoms with Crippen LogP contribution in [0, 0.1) is 5.92 Å². The third-order valence-electron chi connectivity index (χ3n) is 2.87. The normalized spacial score (nSPS) is 14.2. The van der Waals surface area contributed by atoms with E-state index in [0.29, 0.717) is 5.92 Å². The summed E-state index contributed by atoms with van der Waals surface area (Å²) >= 11 is 0. The summed E-state index contributed by atoms with van der Waals surface area (Å²) < 4.78 is 0. The van der Waals surface area contributed by atoms with E-state index in [9.17, 15) is 4.79 Å². The van der Waals surface area contributed by atoms with Crippen molar-refractivity contribution >= 4 is 5.91 Å². The van der Waals surface area contributed by atoms with E-state index >= 15 is 0 Å². The first-order chi connectivity index (χ1) is 7.69. The topological polar surface area (TPSA) is 44.4 Å². The lowest BCUT2D eigenvalue weighted by Gasteiger charge is -2.29. The quantitative estimate of drug-likeness (QED) is 0.703. The summed E-state index contributed by atoms with van der Waals surface area (Å²) in [6, 6.07) is 0.213. The van der Waals surface area contributed by atoms with E-state index in [0.717, 1.165) is 13.0 Å². The summed E-state index contributed by atoms with van der Waals surface area (Å²) in [5.74, 6) is 0.644. The van der Waals surface area contributed by atoms with E-state index in [1.54, 1.807) is 0 Å². The molecule has 0 saturated heterocycles. The Labute approximate surface area is 106 Å². The van der Waals surface area contributed by atoms with E-state index in [2.05, 4.69) is 29.4 Å². The highest BCUT2D eigenvalue weighted by Gasteiger charge is 2.27. The number of nitrogens with zero attached hydrogens (tertiary/aromatic N) is 1. The molecule has 0 aromatic rings. The van der Waals surface area contributed by atoms with Crippen molar-refractivity contribution in [2.75, 3.05) is 27.7 Å². The molecule has 1 atom stereocenters. The molecular weight excluding hydrogens is 214 g/mol. The van der Waals surface area contributed by atoms with Crippen LogP contribution >= 0.6 is 0 Å². The minimum absolute atomic E-state index is 0.0625. The van der Waals surface area contributed by atoms with Crippen LogP contribution in [0.15, 0.2) is 0 Å². The predicted molar refractivity (Wildman–Crippen MR) is 73.1 cm³/mol. The third-order valence-corrected chi connectivity index (χ3v) is 2.87. The molecule has 0 aromatic carbocycles. The highest BCUT2D eigenvalue weighted by atomic mass is 16.2. The Bertz CT molecular complexity index is 227. The lowest BCUT2D eigenvalue weighted by molar-refractivity contribution is -0.127. The largest absolute Gasteiger partial charge is 0.350 e. The molecule has 1 amide bonds. The second kappa shape index (κ2) is 6.97. The standard InChI is InChI=1S/C13H29N3O/c1-10(2)8-11(9-16(6)7)15-12(17)13(3,4)14-5/h10-11,14H,8-9H2,1-7H3,(H,15,17). The number of carbonyl (C=O) groups is 1. The van der Waals surface area contributed by atoms with Crippen molar-refractivity contribution in [2.45, 2.75) is 45.7 Å². The molecule has 4 nitrogen and oxygen atoms in total. The van der Waals surface area contributed by atoms with Crippen molar-refractivity contribution in [1.82, 2.24) is 15.5 Å². The van der Waals surface area contributed by atoms with Gasteiger partial charge < -0.3 is 15.5 Å². The maximum atomic E-state index is 12.1. The molecule has 0 spiro atoms. The van der Waals surface area contributed by atoms with Crippen LogP contribution in [0.4, 0.5) is 0 Å². The molecule has 0 fully saturated rings. The van der Waals surface area contributed by atoms with Crippen LogP contribution < -0.4 is 10.6 Å². The summed E-state index contributed by atoms with van der Waals surface area (Å²) in [6.07, 6.45) is 1.00. The lowest BCUT2D eigenvalue weighted by Crippen LogP contribution is -2.55. The molecule has 0 aliphatic rings. The summed E-state index contributed by atoms with van der Waals surface area (Å²) in [6.45, 7) is 9.02. The molecule has 0 aliphatic carbocycles. The molecule has 0 saturated carbocycles. The Morgan fingerprint density at radius 3 is 2.18 bits per heavy atom. The zero-order valence-electron chi connectivity index (χ0n) is 12.4. The summed E-state index contributed by atoms with van der Waals surface area (Å²) in [7, 11) is 5.87. The van der Waals surface area contributed by atoms with Gasteiger partial charge in [-0.25, -0.2) is 0 Å². The Morgan fingerprint density at radius 1 is 1.29 bits per heavy atom. The van der Waals surface area contributed by atoms with Crippen molar-refractivity contribution in [2.24, 2.45) is 5.92 Å². The molecule has 0 heterocycles. The molecule has 0 aromatic heterocycles. The highest BCUT2D eigenvalue weighted by molar-refractivity contribution is 5.85. The Morgan fingerprint density at radius 2 is 1.82 bits per heavy atom. The summed E-state index contributed by atoms with van der Waals surface area (Å²) in [4.78, 5) is 14.2. The first kappa shape index (κ1) is 16.4. The molecule has 17 heavy (non-hydrogen) atoms. The number of hydrogen-bond acceptors (Lipinski definition) is 3. The second-order valence-electron chi connectivity index (χ2n) is 5.94. The molecule has 0 bridgehead atoms. The molecule has 0 radical (unpaired) electrons. The van der Waals surface area contributed by atoms with Crippen molar-refractivity contribution in [3.63, 3.8) is 0 Å². The van der Waals surface area contributed by atoms with Gasteiger partial charge in [-0.05, 0) is 47.3 Å². The maximum absolute atomic E-state index is 12.1. The molecular formula is C13H29N3O. The fourth-order valence-corrected chi connectivity index (χ4v) is 1.67. The average molecular weight is 243 g/mol. The van der Waals surface area contributed by atoms with Crippen LogP contribution in [0.5, 0.6) is 0 Å². The van der Waals surface area contributed by atoms with Crippen molar-refractivity contribution in [3.05, 3.63) is 0 Å². The van der Waals surface area contributed by atoms with E-state index in [4.69, 9.17) is 0 Å². The summed E-state index contributed by atoms with van der Waals surface area (Å²) in [5, 5.41) is 6.16. The van der Waals surface area contributed by atoms with Gasteiger partial charge in [0.05, 0.1) is 5.54 Å². The smallest absolute Gasteiger partial charge is 0.239 e. The number of hydrogen-bond donors (Lipinski definition) is 2. The monoisotopic (exact) mass is 243 g/mol. The molecule has 1 unspecified atom stereocenters. The van der Waals surface area contributed by atoms with Gasteiger partial charge in [0.15, 0.2) is 0 Å². The fourth-order valence-electron chi connectivity index (χ4n) is 1.67. The maximum Gasteiger partial charge on any atom is 0.239 e. The van der Waals surface area contributed by atoms with Gasteiger partial charge >= 0.3 is 0 Å². The zero-order valence-corrected chi connectivity index (χ0v) is 12.4. The minimum Gasteiger partial charge on any atom is -0.350 e. The molecule has 4 heteroatoms. The minimum atomic E-state index is -0.512. The number of likely N-dealkylation sites (N-methyl/N-ethyl adjacent to an activating group) is 2. The van der Waals surface area contributed by atoms with Crippen molar-refractivity contribution in [3.8, 4) is 0 Å². The first-order valence-corrected chi connectivity index (χ1v) is 6.33. The van der Waals surface area contributed by atoms with Crippen LogP contribution in [0.1, 0.15) is 34.1 Å². The van der Waals surface area contributed by atoms with E-state index in [1.807, 2.05) is 35.0 Å². The van der Waals surface area contributed by atoms with Crippen LogP contribution in [-0.2, 0) is 4.79 Å². The van der Waals surface area contributed by atoms with Crippen molar-refractivity contribution in [1.29, 1.82) is 0 Å². The van der Waals surface area contributed by atoms with Gasteiger partial charge in [0.2, 0.25) is 5.91 Å². The van der Waals surface area contributed by atoms with Gasteiger partial charge in [-0.2, -0.15) is 0 Å². The van der Waals surface area contributed by atoms with E-state index in [1.165, 1.54) is 0 Å². The Hall–Kier alpha value is -0.610. The highest BCUT2D eigenvalue weighted by Crippen LogP contribution is 2.08. The van der Waals surface area contributed by atoms with Gasteiger partial charge in [-0.3, -0.25) is 4.79 Å². The van der Waals surface area contributed by atoms with E-state index < -0.39 is 5.54 Å². The Balaban J connectivity index is 4.47. The van der Waals surface area contributed by atoms with Crippen LogP contribution in [0.25, 0.3) is 0 Å². The number of carbonyl (C=O) groups excluding carboxylic acids is 1. The number of amides is 1. The Kier molecular flexibility index (Phi) is 6.72. The van der Waals surface area contributed by atoms with Gasteiger partial charge in [-0.15, -0.1) is 0 Å². The third kappa shape index (κ3) is 6.64. The zero-order chi connectivity index (χ0) is 13.6. The first-order valence-electron chi connectivity index (χ1n) is 6.33. The molecule has 2 N–H and O–H groups in total. The lowest BCUT2D eigenvalue weighted by atomic mass is 10.00. The van der Waals surface area contributed by atoms with Gasteiger partial charge in [0, 0.05) is 12.6 Å². The van der Waals surface area contributed by atoms with Crippen LogP contribution in [-0.4, -0.2) is 50.1 Å². The van der Waals surface area contributed by atoms with E-state index in [-0.39, 0.29) is 11.9 Å². The average Bonchev–Trinajstić information content (AvgIpc) is 2.15. The second-order valence-corrected chi connectivity index (χ2v) is 5.94. The van der Waals surface area contributed by atoms with Crippen molar-refractivity contribution < 1.29 is 4.79 Å². The molecule has 0 aliphatic heterocycles.